The van der Waals surface area contributed by atoms with Gasteiger partial charge in [0.2, 0.25) is 0 Å². The highest BCUT2D eigenvalue weighted by molar-refractivity contribution is 7.09. The molecule has 0 saturated carbocycles. The molecular formula is C18H25ClN2O2S. The summed E-state index contributed by atoms with van der Waals surface area (Å²) in [7, 11) is 0. The van der Waals surface area contributed by atoms with Crippen molar-refractivity contribution >= 4 is 29.7 Å². The summed E-state index contributed by atoms with van der Waals surface area (Å²) in [6.07, 6.45) is 1.61. The topological polar surface area (TPSA) is 64.3 Å². The van der Waals surface area contributed by atoms with Crippen LogP contribution in [0.4, 0.5) is 0 Å². The Morgan fingerprint density at radius 3 is 2.58 bits per heavy atom. The summed E-state index contributed by atoms with van der Waals surface area (Å²) in [5, 5.41) is 5.09. The zero-order valence-corrected chi connectivity index (χ0v) is 15.7. The maximum Gasteiger partial charge on any atom is 0.251 e. The fraction of sp³-hybridized carbons (Fsp3) is 0.389. The number of nitrogens with one attached hydrogen (secondary N) is 1. The van der Waals surface area contributed by atoms with E-state index in [2.05, 4.69) is 5.32 Å². The summed E-state index contributed by atoms with van der Waals surface area (Å²) in [6.45, 7) is 5.02. The fourth-order valence-corrected chi connectivity index (χ4v) is 2.97. The molecule has 2 rings (SSSR count). The van der Waals surface area contributed by atoms with Gasteiger partial charge < -0.3 is 15.8 Å². The van der Waals surface area contributed by atoms with E-state index in [1.807, 2.05) is 43.5 Å². The van der Waals surface area contributed by atoms with Gasteiger partial charge in [-0.15, -0.1) is 23.7 Å². The van der Waals surface area contributed by atoms with Crippen molar-refractivity contribution in [1.82, 2.24) is 5.32 Å². The molecule has 0 aliphatic carbocycles. The van der Waals surface area contributed by atoms with Crippen LogP contribution in [-0.4, -0.2) is 18.0 Å². The van der Waals surface area contributed by atoms with E-state index in [0.29, 0.717) is 24.5 Å². The Hall–Kier alpha value is -1.56. The molecule has 0 atom stereocenters. The minimum atomic E-state index is -0.342. The van der Waals surface area contributed by atoms with Crippen LogP contribution in [-0.2, 0) is 6.61 Å². The third kappa shape index (κ3) is 5.23. The number of hydrogen-bond donors (Lipinski definition) is 2. The van der Waals surface area contributed by atoms with Crippen molar-refractivity contribution in [1.29, 1.82) is 0 Å². The van der Waals surface area contributed by atoms with Gasteiger partial charge in [0.25, 0.3) is 5.91 Å². The van der Waals surface area contributed by atoms with Crippen molar-refractivity contribution in [2.45, 2.75) is 38.8 Å². The van der Waals surface area contributed by atoms with E-state index in [9.17, 15) is 4.79 Å². The lowest BCUT2D eigenvalue weighted by atomic mass is 9.92. The summed E-state index contributed by atoms with van der Waals surface area (Å²) in [5.41, 5.74) is 6.10. The van der Waals surface area contributed by atoms with E-state index < -0.39 is 0 Å². The first kappa shape index (κ1) is 20.5. The normalized spacial score (nSPS) is 10.8. The molecule has 0 bridgehead atoms. The van der Waals surface area contributed by atoms with Crippen molar-refractivity contribution in [3.63, 3.8) is 0 Å². The van der Waals surface area contributed by atoms with E-state index in [1.165, 1.54) is 0 Å². The Kier molecular flexibility index (Phi) is 8.25. The standard InChI is InChI=1S/C18H24N2O2S.ClH/c1-3-18(4-2,13-19)20-17(21)14-7-5-8-15(11-14)22-12-16-9-6-10-23-16;/h5-11H,3-4,12-13,19H2,1-2H3,(H,20,21);1H. The average molecular weight is 369 g/mol. The Bertz CT molecular complexity index is 619. The molecule has 1 amide bonds. The number of carbonyl (C=O) groups is 1. The molecule has 0 spiro atoms. The van der Waals surface area contributed by atoms with Gasteiger partial charge in [-0.2, -0.15) is 0 Å². The molecule has 24 heavy (non-hydrogen) atoms. The van der Waals surface area contributed by atoms with Crippen LogP contribution >= 0.6 is 23.7 Å². The van der Waals surface area contributed by atoms with E-state index in [0.717, 1.165) is 17.7 Å². The number of rotatable bonds is 8. The van der Waals surface area contributed by atoms with E-state index in [1.54, 1.807) is 23.5 Å². The molecule has 0 aliphatic heterocycles. The molecule has 0 fully saturated rings. The summed E-state index contributed by atoms with van der Waals surface area (Å²) in [5.74, 6) is 0.582. The molecule has 0 saturated heterocycles. The predicted molar refractivity (Wildman–Crippen MR) is 102 cm³/mol. The SMILES string of the molecule is CCC(CC)(CN)NC(=O)c1cccc(OCc2cccs2)c1.Cl. The van der Waals surface area contributed by atoms with Crippen LogP contribution in [0, 0.1) is 0 Å². The minimum Gasteiger partial charge on any atom is -0.488 e. The van der Waals surface area contributed by atoms with Gasteiger partial charge in [0, 0.05) is 17.0 Å². The molecule has 6 heteroatoms. The van der Waals surface area contributed by atoms with Crippen LogP contribution in [0.2, 0.25) is 0 Å². The first-order valence-corrected chi connectivity index (χ1v) is 8.78. The van der Waals surface area contributed by atoms with Crippen molar-refractivity contribution < 1.29 is 9.53 Å². The number of thiophene rings is 1. The Labute approximate surface area is 153 Å². The van der Waals surface area contributed by atoms with Crippen LogP contribution in [0.1, 0.15) is 41.9 Å². The van der Waals surface area contributed by atoms with Gasteiger partial charge in [0.05, 0.1) is 5.54 Å². The molecule has 1 heterocycles. The van der Waals surface area contributed by atoms with Gasteiger partial charge in [-0.25, -0.2) is 0 Å². The lowest BCUT2D eigenvalue weighted by molar-refractivity contribution is 0.0894. The molecule has 1 aromatic heterocycles. The van der Waals surface area contributed by atoms with Crippen molar-refractivity contribution in [3.8, 4) is 5.75 Å². The van der Waals surface area contributed by atoms with E-state index >= 15 is 0 Å². The summed E-state index contributed by atoms with van der Waals surface area (Å²) in [6, 6.07) is 11.3. The predicted octanol–water partition coefficient (Wildman–Crippen LogP) is 4.00. The zero-order chi connectivity index (χ0) is 16.7. The number of halogens is 1. The second-order valence-corrected chi connectivity index (χ2v) is 6.57. The average Bonchev–Trinajstić information content (AvgIpc) is 3.12. The van der Waals surface area contributed by atoms with Crippen LogP contribution in [0.5, 0.6) is 5.75 Å². The van der Waals surface area contributed by atoms with Gasteiger partial charge in [-0.1, -0.05) is 26.0 Å². The summed E-state index contributed by atoms with van der Waals surface area (Å²) >= 11 is 1.65. The summed E-state index contributed by atoms with van der Waals surface area (Å²) < 4.78 is 5.76. The number of ether oxygens (including phenoxy) is 1. The Morgan fingerprint density at radius 1 is 1.25 bits per heavy atom. The molecule has 2 aromatic rings. The van der Waals surface area contributed by atoms with Crippen LogP contribution in [0.3, 0.4) is 0 Å². The van der Waals surface area contributed by atoms with Crippen LogP contribution in [0.25, 0.3) is 0 Å². The molecule has 1 aromatic carbocycles. The second kappa shape index (κ2) is 9.67. The molecular weight excluding hydrogens is 344 g/mol. The Balaban J connectivity index is 0.00000288. The largest absolute Gasteiger partial charge is 0.488 e. The van der Waals surface area contributed by atoms with E-state index in [-0.39, 0.29) is 23.9 Å². The smallest absolute Gasteiger partial charge is 0.251 e. The van der Waals surface area contributed by atoms with Gasteiger partial charge in [-0.05, 0) is 42.5 Å². The zero-order valence-electron chi connectivity index (χ0n) is 14.1. The fourth-order valence-electron chi connectivity index (χ4n) is 2.36. The minimum absolute atomic E-state index is 0. The van der Waals surface area contributed by atoms with Crippen molar-refractivity contribution in [2.75, 3.05) is 6.54 Å². The maximum absolute atomic E-state index is 12.5. The maximum atomic E-state index is 12.5. The lowest BCUT2D eigenvalue weighted by Crippen LogP contribution is -2.52. The van der Waals surface area contributed by atoms with Gasteiger partial charge >= 0.3 is 0 Å². The third-order valence-electron chi connectivity index (χ3n) is 4.18. The first-order valence-electron chi connectivity index (χ1n) is 7.90. The van der Waals surface area contributed by atoms with Gasteiger partial charge in [-0.3, -0.25) is 4.79 Å². The number of amides is 1. The van der Waals surface area contributed by atoms with Crippen molar-refractivity contribution in [2.24, 2.45) is 5.73 Å². The van der Waals surface area contributed by atoms with Crippen LogP contribution < -0.4 is 15.8 Å². The highest BCUT2D eigenvalue weighted by atomic mass is 35.5. The van der Waals surface area contributed by atoms with Crippen LogP contribution in [0.15, 0.2) is 41.8 Å². The summed E-state index contributed by atoms with van der Waals surface area (Å²) in [4.78, 5) is 13.7. The molecule has 132 valence electrons. The number of nitrogens with two attached hydrogens (primary N) is 1. The monoisotopic (exact) mass is 368 g/mol. The molecule has 0 radical (unpaired) electrons. The number of benzene rings is 1. The molecule has 3 N–H and O–H groups in total. The Morgan fingerprint density at radius 2 is 2.00 bits per heavy atom. The molecule has 0 aliphatic rings. The quantitative estimate of drug-likeness (QED) is 0.740. The second-order valence-electron chi connectivity index (χ2n) is 5.54. The van der Waals surface area contributed by atoms with Crippen molar-refractivity contribution in [3.05, 3.63) is 52.2 Å². The van der Waals surface area contributed by atoms with Gasteiger partial charge in [0.1, 0.15) is 12.4 Å². The van der Waals surface area contributed by atoms with E-state index in [4.69, 9.17) is 10.5 Å². The first-order chi connectivity index (χ1) is 11.1. The molecule has 0 unspecified atom stereocenters. The lowest BCUT2D eigenvalue weighted by Gasteiger charge is -2.31. The molecule has 4 nitrogen and oxygen atoms in total. The third-order valence-corrected chi connectivity index (χ3v) is 5.03. The number of carbonyl (C=O) groups excluding carboxylic acids is 1. The number of hydrogen-bond acceptors (Lipinski definition) is 4. The highest BCUT2D eigenvalue weighted by Crippen LogP contribution is 2.19. The van der Waals surface area contributed by atoms with Gasteiger partial charge in [0.15, 0.2) is 0 Å². The highest BCUT2D eigenvalue weighted by Gasteiger charge is 2.26.